The van der Waals surface area contributed by atoms with Gasteiger partial charge in [0.1, 0.15) is 5.75 Å². The third-order valence-corrected chi connectivity index (χ3v) is 4.90. The SMILES string of the molecule is COc1ccc(SC(C)C(=O)Nc2ccc(C(C)C(=O)O)cc2)cc1. The first-order valence-electron chi connectivity index (χ1n) is 7.85. The molecular weight excluding hydrogens is 338 g/mol. The first-order chi connectivity index (χ1) is 11.9. The molecule has 0 aliphatic heterocycles. The van der Waals surface area contributed by atoms with Crippen molar-refractivity contribution < 1.29 is 19.4 Å². The number of aliphatic carboxylic acids is 1. The van der Waals surface area contributed by atoms with Gasteiger partial charge < -0.3 is 15.2 Å². The van der Waals surface area contributed by atoms with Crippen molar-refractivity contribution in [2.24, 2.45) is 0 Å². The third-order valence-electron chi connectivity index (χ3n) is 3.79. The Kier molecular flexibility index (Phi) is 6.47. The summed E-state index contributed by atoms with van der Waals surface area (Å²) in [6, 6.07) is 14.4. The standard InChI is InChI=1S/C19H21NO4S/c1-12(19(22)23)14-4-6-15(7-5-14)20-18(21)13(2)25-17-10-8-16(24-3)9-11-17/h4-13H,1-3H3,(H,20,21)(H,22,23). The molecule has 0 saturated heterocycles. The lowest BCUT2D eigenvalue weighted by Gasteiger charge is -2.13. The normalized spacial score (nSPS) is 12.9. The number of hydrogen-bond acceptors (Lipinski definition) is 4. The Morgan fingerprint density at radius 1 is 1.04 bits per heavy atom. The number of carbonyl (C=O) groups excluding carboxylic acids is 1. The monoisotopic (exact) mass is 359 g/mol. The number of benzene rings is 2. The first-order valence-corrected chi connectivity index (χ1v) is 8.73. The molecule has 0 spiro atoms. The molecule has 2 unspecified atom stereocenters. The van der Waals surface area contributed by atoms with Gasteiger partial charge >= 0.3 is 5.97 Å². The van der Waals surface area contributed by atoms with E-state index in [1.165, 1.54) is 11.8 Å². The van der Waals surface area contributed by atoms with Crippen molar-refractivity contribution in [1.82, 2.24) is 0 Å². The number of methoxy groups -OCH3 is 1. The molecule has 0 fully saturated rings. The van der Waals surface area contributed by atoms with Crippen LogP contribution in [0.5, 0.6) is 5.75 Å². The smallest absolute Gasteiger partial charge is 0.310 e. The summed E-state index contributed by atoms with van der Waals surface area (Å²) in [4.78, 5) is 24.3. The van der Waals surface area contributed by atoms with Crippen LogP contribution in [-0.2, 0) is 9.59 Å². The zero-order valence-electron chi connectivity index (χ0n) is 14.4. The molecule has 0 radical (unpaired) electrons. The van der Waals surface area contributed by atoms with Crippen molar-refractivity contribution in [3.8, 4) is 5.75 Å². The van der Waals surface area contributed by atoms with Gasteiger partial charge in [-0.15, -0.1) is 11.8 Å². The van der Waals surface area contributed by atoms with E-state index in [4.69, 9.17) is 9.84 Å². The van der Waals surface area contributed by atoms with E-state index in [2.05, 4.69) is 5.32 Å². The largest absolute Gasteiger partial charge is 0.497 e. The lowest BCUT2D eigenvalue weighted by atomic mass is 10.0. The van der Waals surface area contributed by atoms with Crippen LogP contribution in [0.15, 0.2) is 53.4 Å². The van der Waals surface area contributed by atoms with Crippen LogP contribution in [0.3, 0.4) is 0 Å². The highest BCUT2D eigenvalue weighted by Gasteiger charge is 2.16. The topological polar surface area (TPSA) is 75.6 Å². The lowest BCUT2D eigenvalue weighted by molar-refractivity contribution is -0.138. The molecule has 6 heteroatoms. The summed E-state index contributed by atoms with van der Waals surface area (Å²) in [6.45, 7) is 3.47. The summed E-state index contributed by atoms with van der Waals surface area (Å²) in [5.74, 6) is -0.785. The Hall–Kier alpha value is -2.47. The molecule has 2 aromatic carbocycles. The highest BCUT2D eigenvalue weighted by molar-refractivity contribution is 8.00. The van der Waals surface area contributed by atoms with Gasteiger partial charge in [-0.3, -0.25) is 9.59 Å². The quantitative estimate of drug-likeness (QED) is 0.731. The van der Waals surface area contributed by atoms with E-state index in [-0.39, 0.29) is 11.2 Å². The molecule has 132 valence electrons. The molecule has 0 aromatic heterocycles. The van der Waals surface area contributed by atoms with Gasteiger partial charge in [0.2, 0.25) is 5.91 Å². The van der Waals surface area contributed by atoms with Crippen molar-refractivity contribution in [1.29, 1.82) is 0 Å². The maximum atomic E-state index is 12.3. The summed E-state index contributed by atoms with van der Waals surface area (Å²) in [5.41, 5.74) is 1.35. The Balaban J connectivity index is 1.94. The summed E-state index contributed by atoms with van der Waals surface area (Å²) in [6.07, 6.45) is 0. The molecule has 0 bridgehead atoms. The molecular formula is C19H21NO4S. The van der Waals surface area contributed by atoms with Gasteiger partial charge in [-0.2, -0.15) is 0 Å². The van der Waals surface area contributed by atoms with Gasteiger partial charge in [0.25, 0.3) is 0 Å². The molecule has 0 saturated carbocycles. The van der Waals surface area contributed by atoms with Crippen LogP contribution < -0.4 is 10.1 Å². The van der Waals surface area contributed by atoms with Crippen LogP contribution in [-0.4, -0.2) is 29.3 Å². The summed E-state index contributed by atoms with van der Waals surface area (Å²) >= 11 is 1.46. The zero-order chi connectivity index (χ0) is 18.4. The van der Waals surface area contributed by atoms with Crippen LogP contribution in [0.25, 0.3) is 0 Å². The minimum Gasteiger partial charge on any atom is -0.497 e. The van der Waals surface area contributed by atoms with Gasteiger partial charge in [-0.1, -0.05) is 12.1 Å². The van der Waals surface area contributed by atoms with Crippen molar-refractivity contribution in [3.05, 3.63) is 54.1 Å². The second-order valence-corrected chi connectivity index (χ2v) is 7.02. The van der Waals surface area contributed by atoms with Crippen LogP contribution in [0.1, 0.15) is 25.3 Å². The van der Waals surface area contributed by atoms with E-state index >= 15 is 0 Å². The number of ether oxygens (including phenoxy) is 1. The number of nitrogens with one attached hydrogen (secondary N) is 1. The van der Waals surface area contributed by atoms with Gasteiger partial charge in [0, 0.05) is 10.6 Å². The van der Waals surface area contributed by atoms with Crippen LogP contribution in [0, 0.1) is 0 Å². The summed E-state index contributed by atoms with van der Waals surface area (Å²) < 4.78 is 5.12. The maximum absolute atomic E-state index is 12.3. The second-order valence-electron chi connectivity index (χ2n) is 5.61. The molecule has 5 nitrogen and oxygen atoms in total. The molecule has 0 aliphatic carbocycles. The molecule has 0 heterocycles. The van der Waals surface area contributed by atoms with Crippen molar-refractivity contribution in [2.75, 3.05) is 12.4 Å². The number of thioether (sulfide) groups is 1. The highest BCUT2D eigenvalue weighted by Crippen LogP contribution is 2.26. The second kappa shape index (κ2) is 8.58. The van der Waals surface area contributed by atoms with Crippen LogP contribution in [0.4, 0.5) is 5.69 Å². The Morgan fingerprint density at radius 2 is 1.64 bits per heavy atom. The van der Waals surface area contributed by atoms with Gasteiger partial charge in [-0.05, 0) is 55.8 Å². The minimum atomic E-state index is -0.874. The van der Waals surface area contributed by atoms with Gasteiger partial charge in [0.05, 0.1) is 18.3 Å². The van der Waals surface area contributed by atoms with E-state index in [9.17, 15) is 9.59 Å². The van der Waals surface area contributed by atoms with Crippen LogP contribution >= 0.6 is 11.8 Å². The fourth-order valence-corrected chi connectivity index (χ4v) is 3.02. The minimum absolute atomic E-state index is 0.111. The first kappa shape index (κ1) is 18.9. The molecule has 2 N–H and O–H groups in total. The molecule has 2 atom stereocenters. The van der Waals surface area contributed by atoms with E-state index in [0.29, 0.717) is 11.3 Å². The fraction of sp³-hybridized carbons (Fsp3) is 0.263. The number of anilines is 1. The number of carboxylic acids is 1. The predicted molar refractivity (Wildman–Crippen MR) is 99.4 cm³/mol. The van der Waals surface area contributed by atoms with Crippen LogP contribution in [0.2, 0.25) is 0 Å². The van der Waals surface area contributed by atoms with E-state index in [1.54, 1.807) is 38.3 Å². The van der Waals surface area contributed by atoms with Gasteiger partial charge in [-0.25, -0.2) is 0 Å². The number of carbonyl (C=O) groups is 2. The van der Waals surface area contributed by atoms with E-state index in [1.807, 2.05) is 31.2 Å². The third kappa shape index (κ3) is 5.26. The predicted octanol–water partition coefficient (Wildman–Crippen LogP) is 4.00. The zero-order valence-corrected chi connectivity index (χ0v) is 15.2. The molecule has 2 aromatic rings. The number of hydrogen-bond donors (Lipinski definition) is 2. The number of carboxylic acid groups (broad SMARTS) is 1. The Labute approximate surface area is 151 Å². The van der Waals surface area contributed by atoms with E-state index < -0.39 is 11.9 Å². The molecule has 0 aliphatic rings. The highest BCUT2D eigenvalue weighted by atomic mass is 32.2. The lowest BCUT2D eigenvalue weighted by Crippen LogP contribution is -2.22. The average Bonchev–Trinajstić information content (AvgIpc) is 2.62. The van der Waals surface area contributed by atoms with E-state index in [0.717, 1.165) is 10.6 Å². The van der Waals surface area contributed by atoms with Crippen molar-refractivity contribution in [2.45, 2.75) is 29.9 Å². The molecule has 1 amide bonds. The van der Waals surface area contributed by atoms with Gasteiger partial charge in [0.15, 0.2) is 0 Å². The average molecular weight is 359 g/mol. The fourth-order valence-electron chi connectivity index (χ4n) is 2.15. The Morgan fingerprint density at radius 3 is 2.16 bits per heavy atom. The van der Waals surface area contributed by atoms with Crippen molar-refractivity contribution in [3.63, 3.8) is 0 Å². The number of amides is 1. The molecule has 25 heavy (non-hydrogen) atoms. The Bertz CT molecular complexity index is 728. The summed E-state index contributed by atoms with van der Waals surface area (Å²) in [7, 11) is 1.61. The maximum Gasteiger partial charge on any atom is 0.310 e. The van der Waals surface area contributed by atoms with Crippen molar-refractivity contribution >= 4 is 29.3 Å². The number of rotatable bonds is 7. The summed E-state index contributed by atoms with van der Waals surface area (Å²) in [5, 5.41) is 11.6. The molecule has 2 rings (SSSR count).